The van der Waals surface area contributed by atoms with Crippen molar-refractivity contribution < 1.29 is 9.26 Å². The molecule has 1 aromatic heterocycles. The van der Waals surface area contributed by atoms with E-state index in [4.69, 9.17) is 9.26 Å². The summed E-state index contributed by atoms with van der Waals surface area (Å²) in [6.45, 7) is 6.14. The number of fused-ring (bicyclic) bond motifs is 1. The van der Waals surface area contributed by atoms with Gasteiger partial charge in [0.1, 0.15) is 12.0 Å². The van der Waals surface area contributed by atoms with Gasteiger partial charge in [0.15, 0.2) is 5.96 Å². The molecule has 0 amide bonds. The zero-order valence-electron chi connectivity index (χ0n) is 14.3. The number of rotatable bonds is 3. The van der Waals surface area contributed by atoms with Crippen molar-refractivity contribution in [1.82, 2.24) is 15.4 Å². The molecule has 7 heteroatoms. The minimum atomic E-state index is 0. The van der Waals surface area contributed by atoms with Gasteiger partial charge in [-0.05, 0) is 12.8 Å². The first-order valence-corrected chi connectivity index (χ1v) is 7.99. The number of halogens is 1. The number of nitrogens with one attached hydrogen (secondary N) is 1. The van der Waals surface area contributed by atoms with Crippen LogP contribution in [0.25, 0.3) is 0 Å². The van der Waals surface area contributed by atoms with Crippen LogP contribution < -0.4 is 5.32 Å². The number of aliphatic imine (C=N–C) groups is 1. The summed E-state index contributed by atoms with van der Waals surface area (Å²) in [7, 11) is 3.84. The monoisotopic (exact) mass is 434 g/mol. The highest BCUT2D eigenvalue weighted by Crippen LogP contribution is 2.51. The Labute approximate surface area is 155 Å². The zero-order valence-corrected chi connectivity index (χ0v) is 16.6. The van der Waals surface area contributed by atoms with Gasteiger partial charge < -0.3 is 19.5 Å². The quantitative estimate of drug-likeness (QED) is 0.450. The van der Waals surface area contributed by atoms with Gasteiger partial charge >= 0.3 is 0 Å². The van der Waals surface area contributed by atoms with E-state index in [1.165, 1.54) is 6.42 Å². The Morgan fingerprint density at radius 1 is 1.52 bits per heavy atom. The summed E-state index contributed by atoms with van der Waals surface area (Å²) in [6.07, 6.45) is 4.36. The lowest BCUT2D eigenvalue weighted by Gasteiger charge is -2.60. The number of hydrogen-bond acceptors (Lipinski definition) is 4. The third-order valence-corrected chi connectivity index (χ3v) is 5.08. The number of aromatic nitrogens is 1. The Bertz CT molecular complexity index is 532. The molecule has 130 valence electrons. The molecule has 2 fully saturated rings. The Hall–Kier alpha value is -0.830. The van der Waals surface area contributed by atoms with E-state index in [1.807, 2.05) is 20.2 Å². The lowest BCUT2D eigenvalue weighted by molar-refractivity contribution is -0.188. The molecular weight excluding hydrogens is 407 g/mol. The van der Waals surface area contributed by atoms with E-state index in [2.05, 4.69) is 34.2 Å². The fourth-order valence-electron chi connectivity index (χ4n) is 3.94. The van der Waals surface area contributed by atoms with E-state index in [0.717, 1.165) is 24.7 Å². The van der Waals surface area contributed by atoms with E-state index in [-0.39, 0.29) is 29.4 Å². The lowest BCUT2D eigenvalue weighted by Crippen LogP contribution is -2.71. The van der Waals surface area contributed by atoms with Gasteiger partial charge in [0, 0.05) is 44.1 Å². The highest BCUT2D eigenvalue weighted by Gasteiger charge is 2.58. The molecule has 0 aromatic carbocycles. The van der Waals surface area contributed by atoms with Gasteiger partial charge in [-0.2, -0.15) is 0 Å². The minimum absolute atomic E-state index is 0. The first-order chi connectivity index (χ1) is 10.5. The third kappa shape index (κ3) is 3.50. The highest BCUT2D eigenvalue weighted by atomic mass is 127. The molecular formula is C16H27IN4O2. The molecule has 3 rings (SSSR count). The summed E-state index contributed by atoms with van der Waals surface area (Å²) in [5.41, 5.74) is 1.03. The van der Waals surface area contributed by atoms with Crippen LogP contribution in [0.4, 0.5) is 0 Å². The van der Waals surface area contributed by atoms with E-state index in [9.17, 15) is 0 Å². The molecule has 0 spiro atoms. The molecule has 1 aliphatic heterocycles. The molecule has 0 bridgehead atoms. The van der Waals surface area contributed by atoms with Crippen LogP contribution in [0.1, 0.15) is 32.4 Å². The van der Waals surface area contributed by atoms with Crippen LogP contribution in [0, 0.1) is 11.3 Å². The predicted octanol–water partition coefficient (Wildman–Crippen LogP) is 2.50. The first kappa shape index (κ1) is 18.5. The van der Waals surface area contributed by atoms with Crippen LogP contribution >= 0.6 is 24.0 Å². The van der Waals surface area contributed by atoms with Gasteiger partial charge in [0.05, 0.1) is 12.6 Å². The summed E-state index contributed by atoms with van der Waals surface area (Å²) in [6, 6.07) is 2.28. The van der Waals surface area contributed by atoms with E-state index >= 15 is 0 Å². The minimum Gasteiger partial charge on any atom is -0.377 e. The van der Waals surface area contributed by atoms with Crippen LogP contribution in [0.5, 0.6) is 0 Å². The smallest absolute Gasteiger partial charge is 0.193 e. The van der Waals surface area contributed by atoms with Gasteiger partial charge in [-0.25, -0.2) is 0 Å². The molecule has 1 N–H and O–H groups in total. The van der Waals surface area contributed by atoms with Crippen LogP contribution in [0.3, 0.4) is 0 Å². The maximum Gasteiger partial charge on any atom is 0.193 e. The van der Waals surface area contributed by atoms with Gasteiger partial charge in [-0.15, -0.1) is 24.0 Å². The van der Waals surface area contributed by atoms with Crippen molar-refractivity contribution in [3.63, 3.8) is 0 Å². The van der Waals surface area contributed by atoms with Crippen molar-refractivity contribution in [2.24, 2.45) is 16.3 Å². The fourth-order valence-corrected chi connectivity index (χ4v) is 3.94. The second kappa shape index (κ2) is 7.38. The second-order valence-corrected chi connectivity index (χ2v) is 6.93. The summed E-state index contributed by atoms with van der Waals surface area (Å²) < 4.78 is 10.9. The highest BCUT2D eigenvalue weighted by molar-refractivity contribution is 14.0. The molecule has 1 saturated carbocycles. The Balaban J connectivity index is 0.00000192. The van der Waals surface area contributed by atoms with Gasteiger partial charge in [0.2, 0.25) is 0 Å². The van der Waals surface area contributed by atoms with E-state index in [0.29, 0.717) is 24.6 Å². The zero-order chi connectivity index (χ0) is 15.7. The average molecular weight is 434 g/mol. The number of guanidine groups is 1. The van der Waals surface area contributed by atoms with Crippen LogP contribution in [0.15, 0.2) is 21.8 Å². The van der Waals surface area contributed by atoms with Crippen LogP contribution in [-0.4, -0.2) is 48.9 Å². The maximum atomic E-state index is 5.97. The number of ether oxygens (including phenoxy) is 1. The largest absolute Gasteiger partial charge is 0.377 e. The molecule has 1 aromatic rings. The maximum absolute atomic E-state index is 5.97. The summed E-state index contributed by atoms with van der Waals surface area (Å²) in [5.74, 6) is 1.48. The Morgan fingerprint density at radius 2 is 2.30 bits per heavy atom. The lowest BCUT2D eigenvalue weighted by atomic mass is 9.55. The summed E-state index contributed by atoms with van der Waals surface area (Å²) in [5, 5.41) is 7.60. The SMILES string of the molecule is CN=C(NC1C2CCCOC2C1(C)C)N(C)Cc1ccon1.I. The molecule has 6 nitrogen and oxygen atoms in total. The molecule has 3 atom stereocenters. The number of hydrogen-bond donors (Lipinski definition) is 1. The topological polar surface area (TPSA) is 62.9 Å². The standard InChI is InChI=1S/C16H26N4O2.HI/c1-16(2)13(12-6-5-8-21-14(12)16)18-15(17-3)20(4)10-11-7-9-22-19-11;/h7,9,12-14H,5-6,8,10H2,1-4H3,(H,17,18);1H. The van der Waals surface area contributed by atoms with E-state index < -0.39 is 0 Å². The molecule has 0 radical (unpaired) electrons. The van der Waals surface area contributed by atoms with Crippen molar-refractivity contribution in [3.8, 4) is 0 Å². The van der Waals surface area contributed by atoms with Crippen molar-refractivity contribution in [2.45, 2.75) is 45.4 Å². The molecule has 1 aliphatic carbocycles. The fraction of sp³-hybridized carbons (Fsp3) is 0.750. The Morgan fingerprint density at radius 3 is 2.96 bits per heavy atom. The van der Waals surface area contributed by atoms with Crippen molar-refractivity contribution >= 4 is 29.9 Å². The third-order valence-electron chi connectivity index (χ3n) is 5.08. The van der Waals surface area contributed by atoms with Crippen molar-refractivity contribution in [2.75, 3.05) is 20.7 Å². The van der Waals surface area contributed by atoms with Crippen molar-refractivity contribution in [1.29, 1.82) is 0 Å². The van der Waals surface area contributed by atoms with Gasteiger partial charge in [-0.3, -0.25) is 4.99 Å². The molecule has 3 unspecified atom stereocenters. The van der Waals surface area contributed by atoms with Crippen LogP contribution in [0.2, 0.25) is 0 Å². The molecule has 1 saturated heterocycles. The normalized spacial score (nSPS) is 29.0. The summed E-state index contributed by atoms with van der Waals surface area (Å²) in [4.78, 5) is 6.50. The second-order valence-electron chi connectivity index (χ2n) is 6.93. The Kier molecular flexibility index (Phi) is 5.94. The van der Waals surface area contributed by atoms with Crippen molar-refractivity contribution in [3.05, 3.63) is 18.0 Å². The summed E-state index contributed by atoms with van der Waals surface area (Å²) >= 11 is 0. The average Bonchev–Trinajstić information content (AvgIpc) is 3.00. The van der Waals surface area contributed by atoms with Gasteiger partial charge in [0.25, 0.3) is 0 Å². The van der Waals surface area contributed by atoms with Gasteiger partial charge in [-0.1, -0.05) is 19.0 Å². The molecule has 23 heavy (non-hydrogen) atoms. The molecule has 2 heterocycles. The van der Waals surface area contributed by atoms with E-state index in [1.54, 1.807) is 6.26 Å². The first-order valence-electron chi connectivity index (χ1n) is 7.99. The van der Waals surface area contributed by atoms with Crippen LogP contribution in [-0.2, 0) is 11.3 Å². The predicted molar refractivity (Wildman–Crippen MR) is 99.9 cm³/mol. The molecule has 2 aliphatic rings. The number of nitrogens with zero attached hydrogens (tertiary/aromatic N) is 3.